The predicted molar refractivity (Wildman–Crippen MR) is 202 cm³/mol. The summed E-state index contributed by atoms with van der Waals surface area (Å²) in [4.78, 5) is 70.6. The van der Waals surface area contributed by atoms with Crippen LogP contribution in [0.1, 0.15) is 50.7 Å². The zero-order valence-corrected chi connectivity index (χ0v) is 30.9. The van der Waals surface area contributed by atoms with E-state index in [4.69, 9.17) is 9.47 Å². The highest BCUT2D eigenvalue weighted by Gasteiger charge is 2.68. The second-order valence-corrected chi connectivity index (χ2v) is 13.8. The number of carbonyl (C=O) groups is 5. The third-order valence-electron chi connectivity index (χ3n) is 9.95. The maximum absolute atomic E-state index is 14.6. The molecule has 1 fully saturated rings. The van der Waals surface area contributed by atoms with Gasteiger partial charge in [0.2, 0.25) is 11.8 Å². The highest BCUT2D eigenvalue weighted by Crippen LogP contribution is 2.55. The van der Waals surface area contributed by atoms with Crippen LogP contribution < -0.4 is 9.47 Å². The van der Waals surface area contributed by atoms with Crippen molar-refractivity contribution in [3.63, 3.8) is 0 Å². The number of hydrogen-bond donors (Lipinski definition) is 3. The summed E-state index contributed by atoms with van der Waals surface area (Å²) in [7, 11) is 0. The van der Waals surface area contributed by atoms with Crippen molar-refractivity contribution >= 4 is 29.7 Å². The van der Waals surface area contributed by atoms with Crippen LogP contribution in [0.5, 0.6) is 23.0 Å². The minimum atomic E-state index is -2.59. The average molecular weight is 751 g/mol. The lowest BCUT2D eigenvalue weighted by molar-refractivity contribution is -0.173. The van der Waals surface area contributed by atoms with Gasteiger partial charge in [-0.2, -0.15) is 0 Å². The number of aliphatic carboxylic acids is 3. The topological polar surface area (TPSA) is 171 Å². The molecule has 288 valence electrons. The predicted octanol–water partition coefficient (Wildman–Crippen LogP) is 7.33. The third kappa shape index (κ3) is 9.50. The van der Waals surface area contributed by atoms with Crippen LogP contribution in [0.25, 0.3) is 0 Å². The average Bonchev–Trinajstić information content (AvgIpc) is 3.52. The van der Waals surface area contributed by atoms with Crippen molar-refractivity contribution in [2.75, 3.05) is 13.1 Å². The normalized spacial score (nSPS) is 18.9. The Bertz CT molecular complexity index is 1940. The number of nitrogens with zero attached hydrogens (tertiary/aromatic N) is 2. The van der Waals surface area contributed by atoms with Crippen LogP contribution in [-0.4, -0.2) is 67.9 Å². The standard InChI is InChI=1S/C43H46N2O10/c1-3-23-44(27-29-15-19-33(20-16-29)54-31-11-7-5-8-12-31)39(48)35-25-36(43(42(52)53,26-37(46)47)38(35)41(50)51)40(49)45(24-4-2)28-30-17-21-34(22-18-30)55-32-13-9-6-10-14-32/h5-22,35-36,38H,3-4,23-28H2,1-2H3,(H,46,47)(H,50,51)(H,52,53)/t35-,36-,38+,43+/m0/s1. The number of rotatable bonds is 18. The van der Waals surface area contributed by atoms with Gasteiger partial charge in [0.15, 0.2) is 0 Å². The monoisotopic (exact) mass is 750 g/mol. The number of ether oxygens (including phenoxy) is 2. The molecular weight excluding hydrogens is 704 g/mol. The van der Waals surface area contributed by atoms with Gasteiger partial charge in [0, 0.05) is 26.2 Å². The molecule has 0 radical (unpaired) electrons. The highest BCUT2D eigenvalue weighted by atomic mass is 16.5. The maximum atomic E-state index is 14.6. The van der Waals surface area contributed by atoms with Gasteiger partial charge in [0.1, 0.15) is 28.4 Å². The van der Waals surface area contributed by atoms with E-state index in [0.717, 1.165) is 0 Å². The SMILES string of the molecule is CCCN(Cc1ccc(Oc2ccccc2)cc1)C(=O)[C@H]1C[C@@H](C(=O)N(CCC)Cc2ccc(Oc3ccccc3)cc2)[C@@](CC(=O)O)(C(=O)O)[C@H]1C(=O)O. The summed E-state index contributed by atoms with van der Waals surface area (Å²) < 4.78 is 11.8. The summed E-state index contributed by atoms with van der Waals surface area (Å²) >= 11 is 0. The number of carboxylic acids is 3. The molecule has 0 spiro atoms. The van der Waals surface area contributed by atoms with E-state index in [-0.39, 0.29) is 26.2 Å². The molecule has 1 saturated carbocycles. The second-order valence-electron chi connectivity index (χ2n) is 13.8. The van der Waals surface area contributed by atoms with E-state index >= 15 is 0 Å². The minimum Gasteiger partial charge on any atom is -0.481 e. The molecule has 1 aliphatic carbocycles. The van der Waals surface area contributed by atoms with Crippen LogP contribution in [0.3, 0.4) is 0 Å². The first kappa shape index (κ1) is 40.0. The zero-order valence-electron chi connectivity index (χ0n) is 30.9. The summed E-state index contributed by atoms with van der Waals surface area (Å²) in [6.45, 7) is 4.20. The van der Waals surface area contributed by atoms with Crippen molar-refractivity contribution in [2.24, 2.45) is 23.2 Å². The Morgan fingerprint density at radius 3 is 1.42 bits per heavy atom. The Hall–Kier alpha value is -6.17. The molecule has 12 heteroatoms. The summed E-state index contributed by atoms with van der Waals surface area (Å²) in [5, 5.41) is 31.4. The van der Waals surface area contributed by atoms with Crippen molar-refractivity contribution in [3.05, 3.63) is 120 Å². The summed E-state index contributed by atoms with van der Waals surface area (Å²) in [6.07, 6.45) is -0.604. The van der Waals surface area contributed by atoms with E-state index in [1.54, 1.807) is 48.5 Å². The van der Waals surface area contributed by atoms with Gasteiger partial charge in [-0.1, -0.05) is 74.5 Å². The molecular formula is C43H46N2O10. The maximum Gasteiger partial charge on any atom is 0.311 e. The first-order chi connectivity index (χ1) is 26.5. The molecule has 55 heavy (non-hydrogen) atoms. The molecule has 0 unspecified atom stereocenters. The fourth-order valence-corrected chi connectivity index (χ4v) is 7.52. The molecule has 0 heterocycles. The van der Waals surface area contributed by atoms with Crippen molar-refractivity contribution < 1.29 is 48.8 Å². The van der Waals surface area contributed by atoms with Gasteiger partial charge >= 0.3 is 17.9 Å². The lowest BCUT2D eigenvalue weighted by Crippen LogP contribution is -2.52. The third-order valence-corrected chi connectivity index (χ3v) is 9.95. The largest absolute Gasteiger partial charge is 0.481 e. The molecule has 5 rings (SSSR count). The van der Waals surface area contributed by atoms with E-state index < -0.39 is 65.7 Å². The number of hydrogen-bond acceptors (Lipinski definition) is 7. The van der Waals surface area contributed by atoms with Gasteiger partial charge in [-0.05, 0) is 78.9 Å². The Kier molecular flexibility index (Phi) is 13.3. The van der Waals surface area contributed by atoms with Crippen LogP contribution in [-0.2, 0) is 37.1 Å². The van der Waals surface area contributed by atoms with Crippen LogP contribution in [0.4, 0.5) is 0 Å². The molecule has 0 aliphatic heterocycles. The second kappa shape index (κ2) is 18.2. The number of para-hydroxylation sites is 2. The van der Waals surface area contributed by atoms with Crippen LogP contribution >= 0.6 is 0 Å². The van der Waals surface area contributed by atoms with E-state index in [2.05, 4.69) is 0 Å². The molecule has 4 aromatic carbocycles. The summed E-state index contributed by atoms with van der Waals surface area (Å²) in [5.74, 6) is -9.00. The fraction of sp³-hybridized carbons (Fsp3) is 0.326. The van der Waals surface area contributed by atoms with Gasteiger partial charge < -0.3 is 34.6 Å². The Labute approximate surface area is 319 Å². The van der Waals surface area contributed by atoms with Crippen molar-refractivity contribution in [1.82, 2.24) is 9.80 Å². The van der Waals surface area contributed by atoms with Gasteiger partial charge in [-0.15, -0.1) is 0 Å². The zero-order chi connectivity index (χ0) is 39.5. The van der Waals surface area contributed by atoms with Crippen LogP contribution in [0.2, 0.25) is 0 Å². The van der Waals surface area contributed by atoms with Crippen molar-refractivity contribution in [3.8, 4) is 23.0 Å². The van der Waals surface area contributed by atoms with E-state index in [9.17, 15) is 39.3 Å². The molecule has 3 N–H and O–H groups in total. The molecule has 4 atom stereocenters. The van der Waals surface area contributed by atoms with Crippen LogP contribution in [0.15, 0.2) is 109 Å². The van der Waals surface area contributed by atoms with Gasteiger partial charge in [-0.3, -0.25) is 24.0 Å². The number of benzene rings is 4. The molecule has 0 saturated heterocycles. The smallest absolute Gasteiger partial charge is 0.311 e. The van der Waals surface area contributed by atoms with Crippen molar-refractivity contribution in [1.29, 1.82) is 0 Å². The van der Waals surface area contributed by atoms with Gasteiger partial charge in [0.05, 0.1) is 24.2 Å². The van der Waals surface area contributed by atoms with Crippen LogP contribution in [0, 0.1) is 23.2 Å². The first-order valence-corrected chi connectivity index (χ1v) is 18.4. The minimum absolute atomic E-state index is 0.0415. The van der Waals surface area contributed by atoms with Gasteiger partial charge in [-0.25, -0.2) is 0 Å². The van der Waals surface area contributed by atoms with E-state index in [0.29, 0.717) is 47.0 Å². The molecule has 0 bridgehead atoms. The molecule has 12 nitrogen and oxygen atoms in total. The number of carboxylic acid groups (broad SMARTS) is 3. The first-order valence-electron chi connectivity index (χ1n) is 18.4. The molecule has 2 amide bonds. The van der Waals surface area contributed by atoms with E-state index in [1.807, 2.05) is 74.5 Å². The lowest BCUT2D eigenvalue weighted by atomic mass is 9.67. The Balaban J connectivity index is 1.42. The lowest BCUT2D eigenvalue weighted by Gasteiger charge is -2.36. The van der Waals surface area contributed by atoms with Gasteiger partial charge in [0.25, 0.3) is 0 Å². The highest BCUT2D eigenvalue weighted by molar-refractivity contribution is 5.98. The fourth-order valence-electron chi connectivity index (χ4n) is 7.52. The molecule has 1 aliphatic rings. The Morgan fingerprint density at radius 1 is 0.618 bits per heavy atom. The summed E-state index contributed by atoms with van der Waals surface area (Å²) in [6, 6.07) is 32.4. The van der Waals surface area contributed by atoms with E-state index in [1.165, 1.54) is 9.80 Å². The molecule has 0 aromatic heterocycles. The van der Waals surface area contributed by atoms with Crippen molar-refractivity contribution in [2.45, 2.75) is 52.6 Å². The molecule has 4 aromatic rings. The number of carbonyl (C=O) groups excluding carboxylic acids is 2. The Morgan fingerprint density at radius 2 is 1.04 bits per heavy atom. The summed E-state index contributed by atoms with van der Waals surface area (Å²) in [5.41, 5.74) is -1.19. The quantitative estimate of drug-likeness (QED) is 0.0935. The number of amides is 2.